The van der Waals surface area contributed by atoms with Crippen LogP contribution in [0.25, 0.3) is 11.5 Å². The molecular formula is C13H16N4O. The molecule has 94 valence electrons. The smallest absolute Gasteiger partial charge is 0.259 e. The van der Waals surface area contributed by atoms with Crippen molar-refractivity contribution in [1.29, 1.82) is 0 Å². The molecule has 0 aromatic carbocycles. The second-order valence-corrected chi connectivity index (χ2v) is 4.65. The van der Waals surface area contributed by atoms with Gasteiger partial charge in [0, 0.05) is 18.8 Å². The number of piperidine rings is 1. The molecule has 0 atom stereocenters. The molecule has 0 saturated carbocycles. The minimum absolute atomic E-state index is 0.562. The van der Waals surface area contributed by atoms with Crippen LogP contribution in [0.15, 0.2) is 29.0 Å². The molecule has 1 N–H and O–H groups in total. The Kier molecular flexibility index (Phi) is 3.32. The van der Waals surface area contributed by atoms with Crippen molar-refractivity contribution >= 4 is 0 Å². The van der Waals surface area contributed by atoms with Crippen molar-refractivity contribution in [2.75, 3.05) is 13.1 Å². The maximum atomic E-state index is 5.28. The summed E-state index contributed by atoms with van der Waals surface area (Å²) in [4.78, 5) is 8.49. The largest absolute Gasteiger partial charge is 0.334 e. The van der Waals surface area contributed by atoms with E-state index in [1.54, 1.807) is 12.4 Å². The van der Waals surface area contributed by atoms with Crippen LogP contribution in [0.4, 0.5) is 0 Å². The molecular weight excluding hydrogens is 228 g/mol. The van der Waals surface area contributed by atoms with Gasteiger partial charge in [-0.1, -0.05) is 5.16 Å². The number of nitrogens with one attached hydrogen (secondary N) is 1. The standard InChI is InChI=1S/C13H16N4O/c1-2-11(9-15-5-1)13-16-12(17-18-13)8-10-3-6-14-7-4-10/h1-2,5,9-10,14H,3-4,6-8H2. The van der Waals surface area contributed by atoms with Crippen LogP contribution in [-0.4, -0.2) is 28.2 Å². The van der Waals surface area contributed by atoms with Gasteiger partial charge in [-0.05, 0) is 44.0 Å². The second kappa shape index (κ2) is 5.27. The van der Waals surface area contributed by atoms with E-state index >= 15 is 0 Å². The summed E-state index contributed by atoms with van der Waals surface area (Å²) in [6, 6.07) is 3.79. The predicted octanol–water partition coefficient (Wildman–Crippen LogP) is 1.67. The van der Waals surface area contributed by atoms with E-state index < -0.39 is 0 Å². The zero-order valence-electron chi connectivity index (χ0n) is 10.2. The number of nitrogens with zero attached hydrogens (tertiary/aromatic N) is 3. The summed E-state index contributed by atoms with van der Waals surface area (Å²) >= 11 is 0. The number of aromatic nitrogens is 3. The maximum absolute atomic E-state index is 5.28. The first kappa shape index (κ1) is 11.3. The molecule has 0 aliphatic carbocycles. The van der Waals surface area contributed by atoms with Crippen LogP contribution in [0.2, 0.25) is 0 Å². The molecule has 3 rings (SSSR count). The SMILES string of the molecule is c1cncc(-c2nc(CC3CCNCC3)no2)c1. The van der Waals surface area contributed by atoms with Crippen molar-refractivity contribution in [2.45, 2.75) is 19.3 Å². The summed E-state index contributed by atoms with van der Waals surface area (Å²) < 4.78 is 5.28. The summed E-state index contributed by atoms with van der Waals surface area (Å²) in [7, 11) is 0. The van der Waals surface area contributed by atoms with Crippen molar-refractivity contribution in [3.63, 3.8) is 0 Å². The maximum Gasteiger partial charge on any atom is 0.259 e. The van der Waals surface area contributed by atoms with Gasteiger partial charge in [-0.15, -0.1) is 0 Å². The summed E-state index contributed by atoms with van der Waals surface area (Å²) in [5, 5.41) is 7.41. The highest BCUT2D eigenvalue weighted by Crippen LogP contribution is 2.19. The topological polar surface area (TPSA) is 63.8 Å². The lowest BCUT2D eigenvalue weighted by Crippen LogP contribution is -2.28. The van der Waals surface area contributed by atoms with Gasteiger partial charge in [0.25, 0.3) is 5.89 Å². The van der Waals surface area contributed by atoms with Gasteiger partial charge in [0.2, 0.25) is 0 Å². The third-order valence-corrected chi connectivity index (χ3v) is 3.31. The lowest BCUT2D eigenvalue weighted by atomic mass is 9.94. The predicted molar refractivity (Wildman–Crippen MR) is 66.8 cm³/mol. The summed E-state index contributed by atoms with van der Waals surface area (Å²) in [6.45, 7) is 2.19. The molecule has 5 heteroatoms. The Morgan fingerprint density at radius 1 is 1.33 bits per heavy atom. The van der Waals surface area contributed by atoms with Gasteiger partial charge in [-0.3, -0.25) is 4.98 Å². The molecule has 2 aromatic rings. The highest BCUT2D eigenvalue weighted by Gasteiger charge is 2.17. The van der Waals surface area contributed by atoms with Crippen LogP contribution >= 0.6 is 0 Å². The van der Waals surface area contributed by atoms with E-state index in [9.17, 15) is 0 Å². The van der Waals surface area contributed by atoms with Gasteiger partial charge in [-0.25, -0.2) is 0 Å². The monoisotopic (exact) mass is 244 g/mol. The Morgan fingerprint density at radius 3 is 3.00 bits per heavy atom. The van der Waals surface area contributed by atoms with E-state index in [1.165, 1.54) is 12.8 Å². The fourth-order valence-electron chi connectivity index (χ4n) is 2.29. The van der Waals surface area contributed by atoms with Gasteiger partial charge in [0.05, 0.1) is 5.56 Å². The summed E-state index contributed by atoms with van der Waals surface area (Å²) in [5.74, 6) is 2.04. The van der Waals surface area contributed by atoms with Crippen LogP contribution in [0, 0.1) is 5.92 Å². The van der Waals surface area contributed by atoms with Crippen LogP contribution in [0.3, 0.4) is 0 Å². The number of rotatable bonds is 3. The Bertz CT molecular complexity index is 491. The molecule has 0 spiro atoms. The Balaban J connectivity index is 1.69. The molecule has 1 saturated heterocycles. The van der Waals surface area contributed by atoms with Gasteiger partial charge in [-0.2, -0.15) is 4.98 Å². The fourth-order valence-corrected chi connectivity index (χ4v) is 2.29. The van der Waals surface area contributed by atoms with Gasteiger partial charge in [0.1, 0.15) is 0 Å². The highest BCUT2D eigenvalue weighted by atomic mass is 16.5. The van der Waals surface area contributed by atoms with Crippen LogP contribution in [-0.2, 0) is 6.42 Å². The van der Waals surface area contributed by atoms with Gasteiger partial charge in [0.15, 0.2) is 5.82 Å². The average Bonchev–Trinajstić information content (AvgIpc) is 2.89. The second-order valence-electron chi connectivity index (χ2n) is 4.65. The lowest BCUT2D eigenvalue weighted by Gasteiger charge is -2.20. The fraction of sp³-hybridized carbons (Fsp3) is 0.462. The molecule has 0 radical (unpaired) electrons. The quantitative estimate of drug-likeness (QED) is 0.889. The van der Waals surface area contributed by atoms with E-state index in [1.807, 2.05) is 12.1 Å². The van der Waals surface area contributed by atoms with Crippen molar-refractivity contribution in [3.05, 3.63) is 30.4 Å². The van der Waals surface area contributed by atoms with Crippen molar-refractivity contribution < 1.29 is 4.52 Å². The molecule has 0 amide bonds. The zero-order valence-corrected chi connectivity index (χ0v) is 10.2. The Labute approximate surface area is 106 Å². The molecule has 1 aliphatic heterocycles. The lowest BCUT2D eigenvalue weighted by molar-refractivity contribution is 0.356. The highest BCUT2D eigenvalue weighted by molar-refractivity contribution is 5.50. The number of pyridine rings is 1. The normalized spacial score (nSPS) is 16.9. The molecule has 2 aromatic heterocycles. The molecule has 5 nitrogen and oxygen atoms in total. The molecule has 0 unspecified atom stereocenters. The Morgan fingerprint density at radius 2 is 2.22 bits per heavy atom. The van der Waals surface area contributed by atoms with E-state index in [-0.39, 0.29) is 0 Å². The van der Waals surface area contributed by atoms with E-state index in [0.29, 0.717) is 11.8 Å². The zero-order chi connectivity index (χ0) is 12.2. The molecule has 3 heterocycles. The van der Waals surface area contributed by atoms with E-state index in [2.05, 4.69) is 20.4 Å². The van der Waals surface area contributed by atoms with Crippen LogP contribution in [0.1, 0.15) is 18.7 Å². The van der Waals surface area contributed by atoms with E-state index in [0.717, 1.165) is 30.9 Å². The number of hydrogen-bond acceptors (Lipinski definition) is 5. The minimum Gasteiger partial charge on any atom is -0.334 e. The van der Waals surface area contributed by atoms with E-state index in [4.69, 9.17) is 4.52 Å². The molecule has 1 fully saturated rings. The average molecular weight is 244 g/mol. The molecule has 0 bridgehead atoms. The Hall–Kier alpha value is -1.75. The molecule has 1 aliphatic rings. The van der Waals surface area contributed by atoms with Crippen LogP contribution in [0.5, 0.6) is 0 Å². The summed E-state index contributed by atoms with van der Waals surface area (Å²) in [6.07, 6.45) is 6.76. The first-order chi connectivity index (χ1) is 8.92. The van der Waals surface area contributed by atoms with Crippen LogP contribution < -0.4 is 5.32 Å². The van der Waals surface area contributed by atoms with Crippen molar-refractivity contribution in [2.24, 2.45) is 5.92 Å². The number of hydrogen-bond donors (Lipinski definition) is 1. The van der Waals surface area contributed by atoms with Crippen molar-refractivity contribution in [1.82, 2.24) is 20.4 Å². The third-order valence-electron chi connectivity index (χ3n) is 3.31. The first-order valence-electron chi connectivity index (χ1n) is 6.35. The summed E-state index contributed by atoms with van der Waals surface area (Å²) in [5.41, 5.74) is 0.876. The van der Waals surface area contributed by atoms with Gasteiger partial charge < -0.3 is 9.84 Å². The minimum atomic E-state index is 0.562. The van der Waals surface area contributed by atoms with Gasteiger partial charge >= 0.3 is 0 Å². The van der Waals surface area contributed by atoms with Crippen molar-refractivity contribution in [3.8, 4) is 11.5 Å². The first-order valence-corrected chi connectivity index (χ1v) is 6.35. The molecule has 18 heavy (non-hydrogen) atoms. The third kappa shape index (κ3) is 2.56.